The number of ether oxygens (including phenoxy) is 2. The summed E-state index contributed by atoms with van der Waals surface area (Å²) in [7, 11) is 0. The monoisotopic (exact) mass is 355 g/mol. The molecule has 2 heterocycles. The number of pyridine rings is 1. The van der Waals surface area contributed by atoms with Crippen molar-refractivity contribution in [1.82, 2.24) is 15.2 Å². The van der Waals surface area contributed by atoms with E-state index in [9.17, 15) is 14.4 Å². The first kappa shape index (κ1) is 17.4. The number of urea groups is 1. The van der Waals surface area contributed by atoms with E-state index in [-0.39, 0.29) is 18.0 Å². The fraction of sp³-hybridized carbons (Fsp3) is 0.222. The Balaban J connectivity index is 1.71. The van der Waals surface area contributed by atoms with Crippen LogP contribution in [-0.2, 0) is 9.53 Å². The smallest absolute Gasteiger partial charge is 0.344 e. The van der Waals surface area contributed by atoms with Crippen LogP contribution in [0, 0.1) is 0 Å². The topological polar surface area (TPSA) is 97.8 Å². The third-order valence-corrected chi connectivity index (χ3v) is 3.70. The average Bonchev–Trinajstić information content (AvgIpc) is 3.08. The number of carbonyl (C=O) groups excluding carboxylic acids is 3. The van der Waals surface area contributed by atoms with Gasteiger partial charge in [-0.05, 0) is 31.2 Å². The van der Waals surface area contributed by atoms with Crippen LogP contribution in [0.1, 0.15) is 17.3 Å². The molecule has 0 aliphatic carbocycles. The molecule has 0 radical (unpaired) electrons. The van der Waals surface area contributed by atoms with Gasteiger partial charge in [0.2, 0.25) is 5.88 Å². The lowest BCUT2D eigenvalue weighted by molar-refractivity contribution is -0.136. The van der Waals surface area contributed by atoms with E-state index >= 15 is 0 Å². The van der Waals surface area contributed by atoms with Gasteiger partial charge in [0.25, 0.3) is 5.91 Å². The van der Waals surface area contributed by atoms with Crippen molar-refractivity contribution in [3.05, 3.63) is 54.2 Å². The van der Waals surface area contributed by atoms with Crippen LogP contribution in [0.3, 0.4) is 0 Å². The van der Waals surface area contributed by atoms with Gasteiger partial charge in [0.1, 0.15) is 11.3 Å². The Morgan fingerprint density at radius 1 is 1.19 bits per heavy atom. The number of hydrogen-bond acceptors (Lipinski definition) is 6. The van der Waals surface area contributed by atoms with Gasteiger partial charge in [-0.3, -0.25) is 9.69 Å². The molecule has 1 aliphatic heterocycles. The zero-order valence-corrected chi connectivity index (χ0v) is 14.0. The van der Waals surface area contributed by atoms with E-state index in [1.54, 1.807) is 30.3 Å². The lowest BCUT2D eigenvalue weighted by Gasteiger charge is -2.18. The molecular weight excluding hydrogens is 338 g/mol. The normalized spacial score (nSPS) is 14.5. The zero-order valence-electron chi connectivity index (χ0n) is 14.0. The van der Waals surface area contributed by atoms with E-state index in [4.69, 9.17) is 9.47 Å². The molecule has 1 saturated heterocycles. The molecule has 3 rings (SSSR count). The maximum atomic E-state index is 12.5. The van der Waals surface area contributed by atoms with Crippen molar-refractivity contribution in [2.45, 2.75) is 13.0 Å². The van der Waals surface area contributed by atoms with Gasteiger partial charge in [0, 0.05) is 19.3 Å². The molecule has 1 unspecified atom stereocenters. The summed E-state index contributed by atoms with van der Waals surface area (Å²) < 4.78 is 10.8. The summed E-state index contributed by atoms with van der Waals surface area (Å²) in [4.78, 5) is 41.3. The predicted molar refractivity (Wildman–Crippen MR) is 90.7 cm³/mol. The predicted octanol–water partition coefficient (Wildman–Crippen LogP) is 1.97. The molecule has 1 atom stereocenters. The van der Waals surface area contributed by atoms with Gasteiger partial charge in [-0.2, -0.15) is 0 Å². The van der Waals surface area contributed by atoms with Crippen molar-refractivity contribution >= 4 is 17.9 Å². The van der Waals surface area contributed by atoms with Crippen LogP contribution in [0.25, 0.3) is 0 Å². The Morgan fingerprint density at radius 2 is 1.96 bits per heavy atom. The van der Waals surface area contributed by atoms with Crippen molar-refractivity contribution in [1.29, 1.82) is 0 Å². The van der Waals surface area contributed by atoms with Gasteiger partial charge in [0.05, 0.1) is 0 Å². The number of carbonyl (C=O) groups is 3. The minimum Gasteiger partial charge on any atom is -0.449 e. The molecule has 134 valence electrons. The number of nitrogens with one attached hydrogen (secondary N) is 1. The lowest BCUT2D eigenvalue weighted by Crippen LogP contribution is -2.41. The summed E-state index contributed by atoms with van der Waals surface area (Å²) in [5.41, 5.74) is 0.0851. The van der Waals surface area contributed by atoms with E-state index in [0.717, 1.165) is 4.90 Å². The molecule has 0 saturated carbocycles. The number of nitrogens with zero attached hydrogens (tertiary/aromatic N) is 2. The van der Waals surface area contributed by atoms with Crippen LogP contribution in [0.4, 0.5) is 4.79 Å². The number of aromatic nitrogens is 1. The van der Waals surface area contributed by atoms with E-state index in [1.165, 1.54) is 19.2 Å². The maximum absolute atomic E-state index is 12.5. The highest BCUT2D eigenvalue weighted by Gasteiger charge is 2.32. The number of para-hydroxylation sites is 1. The Labute approximate surface area is 149 Å². The minimum absolute atomic E-state index is 0.0715. The number of amides is 3. The van der Waals surface area contributed by atoms with Crippen molar-refractivity contribution < 1.29 is 23.9 Å². The zero-order chi connectivity index (χ0) is 18.5. The second kappa shape index (κ2) is 7.64. The van der Waals surface area contributed by atoms with Gasteiger partial charge < -0.3 is 14.8 Å². The third kappa shape index (κ3) is 3.80. The molecule has 8 nitrogen and oxygen atoms in total. The van der Waals surface area contributed by atoms with E-state index in [0.29, 0.717) is 12.3 Å². The second-order valence-electron chi connectivity index (χ2n) is 5.54. The van der Waals surface area contributed by atoms with Crippen LogP contribution in [0.2, 0.25) is 0 Å². The first-order valence-electron chi connectivity index (χ1n) is 8.04. The second-order valence-corrected chi connectivity index (χ2v) is 5.54. The van der Waals surface area contributed by atoms with E-state index in [2.05, 4.69) is 10.3 Å². The standard InChI is InChI=1S/C18H17N3O5/c1-12(16(22)21-11-10-20-18(21)24)25-17(23)14-8-5-9-19-15(14)26-13-6-3-2-4-7-13/h2-9,12H,10-11H2,1H3,(H,20,24). The average molecular weight is 355 g/mol. The van der Waals surface area contributed by atoms with Gasteiger partial charge in [-0.1, -0.05) is 18.2 Å². The molecule has 8 heteroatoms. The molecule has 1 aromatic heterocycles. The Bertz CT molecular complexity index is 825. The number of esters is 1. The summed E-state index contributed by atoms with van der Waals surface area (Å²) in [5.74, 6) is -0.757. The fourth-order valence-electron chi connectivity index (χ4n) is 2.40. The Hall–Kier alpha value is -3.42. The number of imide groups is 1. The molecule has 1 fully saturated rings. The molecule has 26 heavy (non-hydrogen) atoms. The maximum Gasteiger partial charge on any atom is 0.344 e. The first-order valence-corrected chi connectivity index (χ1v) is 8.04. The molecule has 2 aromatic rings. The highest BCUT2D eigenvalue weighted by Crippen LogP contribution is 2.23. The molecule has 1 aliphatic rings. The van der Waals surface area contributed by atoms with E-state index in [1.807, 2.05) is 6.07 Å². The largest absolute Gasteiger partial charge is 0.449 e. The molecule has 0 spiro atoms. The highest BCUT2D eigenvalue weighted by molar-refractivity contribution is 6.00. The molecule has 0 bridgehead atoms. The summed E-state index contributed by atoms with van der Waals surface area (Å²) in [6, 6.07) is 11.4. The molecular formula is C18H17N3O5. The molecule has 1 N–H and O–H groups in total. The van der Waals surface area contributed by atoms with Crippen LogP contribution in [0.15, 0.2) is 48.7 Å². The van der Waals surface area contributed by atoms with Crippen molar-refractivity contribution in [2.24, 2.45) is 0 Å². The number of rotatable bonds is 5. The first-order chi connectivity index (χ1) is 12.6. The van der Waals surface area contributed by atoms with Crippen LogP contribution < -0.4 is 10.1 Å². The van der Waals surface area contributed by atoms with Gasteiger partial charge in [-0.25, -0.2) is 14.6 Å². The Morgan fingerprint density at radius 3 is 2.65 bits per heavy atom. The van der Waals surface area contributed by atoms with Crippen LogP contribution in [0.5, 0.6) is 11.6 Å². The third-order valence-electron chi connectivity index (χ3n) is 3.70. The highest BCUT2D eigenvalue weighted by atomic mass is 16.6. The van der Waals surface area contributed by atoms with Crippen molar-refractivity contribution in [2.75, 3.05) is 13.1 Å². The lowest BCUT2D eigenvalue weighted by atomic mass is 10.2. The summed E-state index contributed by atoms with van der Waals surface area (Å²) in [6.07, 6.45) is 0.370. The fourth-order valence-corrected chi connectivity index (χ4v) is 2.40. The van der Waals surface area contributed by atoms with Crippen LogP contribution >= 0.6 is 0 Å². The van der Waals surface area contributed by atoms with Gasteiger partial charge in [0.15, 0.2) is 6.10 Å². The number of benzene rings is 1. The number of hydrogen-bond donors (Lipinski definition) is 1. The van der Waals surface area contributed by atoms with Crippen molar-refractivity contribution in [3.63, 3.8) is 0 Å². The summed E-state index contributed by atoms with van der Waals surface area (Å²) in [6.45, 7) is 2.04. The van der Waals surface area contributed by atoms with Crippen molar-refractivity contribution in [3.8, 4) is 11.6 Å². The van der Waals surface area contributed by atoms with E-state index < -0.39 is 24.0 Å². The SMILES string of the molecule is CC(OC(=O)c1cccnc1Oc1ccccc1)C(=O)N1CCNC1=O. The van der Waals surface area contributed by atoms with Crippen LogP contribution in [-0.4, -0.2) is 47.0 Å². The quantitative estimate of drug-likeness (QED) is 0.824. The minimum atomic E-state index is -1.11. The Kier molecular flexibility index (Phi) is 5.12. The summed E-state index contributed by atoms with van der Waals surface area (Å²) in [5, 5.41) is 2.52. The van der Waals surface area contributed by atoms with Gasteiger partial charge >= 0.3 is 12.0 Å². The molecule has 1 aromatic carbocycles. The summed E-state index contributed by atoms with van der Waals surface area (Å²) >= 11 is 0. The molecule has 3 amide bonds. The van der Waals surface area contributed by atoms with Gasteiger partial charge in [-0.15, -0.1) is 0 Å².